The number of aliphatic hydroxyl groups is 2. The van der Waals surface area contributed by atoms with E-state index in [-0.39, 0.29) is 35.1 Å². The number of Topliss-reactive ketones (excluding diaryl/α,β-unsaturated/α-hetero) is 2. The maximum Gasteiger partial charge on any atom is 0.335 e. The van der Waals surface area contributed by atoms with Gasteiger partial charge in [0.15, 0.2) is 5.78 Å². The summed E-state index contributed by atoms with van der Waals surface area (Å²) in [7, 11) is 6.59. The molecular formula is C30H30N4O9. The Morgan fingerprint density at radius 2 is 1.67 bits per heavy atom. The largest absolute Gasteiger partial charge is 0.510 e. The number of allylic oxidation sites excluding steroid dienone is 1. The van der Waals surface area contributed by atoms with Crippen molar-refractivity contribution in [2.24, 2.45) is 22.7 Å². The number of carbonyl (C=O) groups is 4. The zero-order valence-electron chi connectivity index (χ0n) is 23.8. The van der Waals surface area contributed by atoms with Gasteiger partial charge in [0.25, 0.3) is 5.91 Å². The SMILES string of the molecule is CN(C)c1cc(-c2ccc(C(=O)O)cc2)c(O)c2c1C[C@H]1C[C@H]3[C@@H](N(C)C)C(O)=C(C(N)=O)C(=O)[C@@]3(N=O)C(O)=C1C2=O. The number of benzene rings is 2. The number of aromatic hydroxyl groups is 1. The first-order chi connectivity index (χ1) is 20.2. The van der Waals surface area contributed by atoms with Gasteiger partial charge < -0.3 is 31.1 Å². The van der Waals surface area contributed by atoms with Gasteiger partial charge in [0.2, 0.25) is 11.3 Å². The van der Waals surface area contributed by atoms with Crippen LogP contribution in [0.2, 0.25) is 0 Å². The number of fused-ring (bicyclic) bond motifs is 3. The monoisotopic (exact) mass is 590 g/mol. The summed E-state index contributed by atoms with van der Waals surface area (Å²) in [6.45, 7) is 0. The second-order valence-corrected chi connectivity index (χ2v) is 11.5. The van der Waals surface area contributed by atoms with E-state index < -0.39 is 69.7 Å². The van der Waals surface area contributed by atoms with Crippen LogP contribution in [0, 0.1) is 16.7 Å². The minimum atomic E-state index is -2.62. The van der Waals surface area contributed by atoms with Crippen molar-refractivity contribution in [3.8, 4) is 16.9 Å². The highest BCUT2D eigenvalue weighted by Crippen LogP contribution is 2.55. The number of hydrogen-bond acceptors (Lipinski definition) is 11. The molecule has 0 aliphatic heterocycles. The molecule has 224 valence electrons. The Labute approximate surface area is 245 Å². The number of primary amides is 1. The molecule has 1 amide bonds. The smallest absolute Gasteiger partial charge is 0.335 e. The topological polar surface area (TPSA) is 211 Å². The lowest BCUT2D eigenvalue weighted by Crippen LogP contribution is -2.62. The third-order valence-electron chi connectivity index (χ3n) is 8.77. The molecule has 13 nitrogen and oxygen atoms in total. The first-order valence-corrected chi connectivity index (χ1v) is 13.4. The van der Waals surface area contributed by atoms with Crippen molar-refractivity contribution in [1.82, 2.24) is 4.90 Å². The molecule has 3 aliphatic carbocycles. The summed E-state index contributed by atoms with van der Waals surface area (Å²) in [4.78, 5) is 67.3. The summed E-state index contributed by atoms with van der Waals surface area (Å²) in [6, 6.07) is 6.24. The molecule has 43 heavy (non-hydrogen) atoms. The standard InChI is InChI=1S/C30H30N4O9/c1-33(2)18-11-15(12-5-7-13(8-6-12)29(41)42)23(35)20-16(18)9-14-10-17-22(34(3)4)25(37)21(28(31)40)27(39)30(17,32-43)26(38)19(14)24(20)36/h5-8,11,14,17,22,35,37-38H,9-10H2,1-4H3,(H2,31,40)(H,41,42)/t14-,17-,22+,30-/m0/s1. The molecule has 0 radical (unpaired) electrons. The van der Waals surface area contributed by atoms with Crippen LogP contribution in [0.25, 0.3) is 11.1 Å². The highest BCUT2D eigenvalue weighted by atomic mass is 16.4. The number of anilines is 1. The normalized spacial score (nSPS) is 24.8. The third kappa shape index (κ3) is 4.02. The van der Waals surface area contributed by atoms with E-state index in [4.69, 9.17) is 5.73 Å². The Bertz CT molecular complexity index is 1690. The van der Waals surface area contributed by atoms with Crippen molar-refractivity contribution in [1.29, 1.82) is 0 Å². The fourth-order valence-corrected chi connectivity index (χ4v) is 6.86. The Hall–Kier alpha value is -5.04. The average Bonchev–Trinajstić information content (AvgIpc) is 2.92. The maximum absolute atomic E-state index is 14.2. The number of carboxylic acids is 1. The average molecular weight is 591 g/mol. The molecule has 0 bridgehead atoms. The van der Waals surface area contributed by atoms with Crippen LogP contribution in [0.15, 0.2) is 58.2 Å². The van der Waals surface area contributed by atoms with Gasteiger partial charge in [-0.1, -0.05) is 12.1 Å². The number of nitrogens with two attached hydrogens (primary N) is 1. The van der Waals surface area contributed by atoms with E-state index in [0.717, 1.165) is 0 Å². The van der Waals surface area contributed by atoms with E-state index in [0.29, 0.717) is 16.8 Å². The highest BCUT2D eigenvalue weighted by Gasteiger charge is 2.65. The number of likely N-dealkylation sites (N-methyl/N-ethyl adjacent to an activating group) is 1. The van der Waals surface area contributed by atoms with Gasteiger partial charge in [0.05, 0.1) is 17.2 Å². The number of ketones is 2. The zero-order valence-corrected chi connectivity index (χ0v) is 23.8. The van der Waals surface area contributed by atoms with E-state index in [2.05, 4.69) is 5.18 Å². The van der Waals surface area contributed by atoms with Crippen LogP contribution in [0.1, 0.15) is 32.7 Å². The van der Waals surface area contributed by atoms with Crippen molar-refractivity contribution < 1.29 is 39.6 Å². The number of hydrogen-bond donors (Lipinski definition) is 5. The maximum atomic E-state index is 14.2. The van der Waals surface area contributed by atoms with Gasteiger partial charge in [0.1, 0.15) is 22.8 Å². The molecule has 3 aliphatic rings. The number of aliphatic hydroxyl groups excluding tert-OH is 2. The summed E-state index contributed by atoms with van der Waals surface area (Å²) in [5.74, 6) is -8.49. The Balaban J connectivity index is 1.76. The molecule has 5 rings (SSSR count). The molecule has 0 saturated heterocycles. The Kier molecular flexibility index (Phi) is 6.88. The van der Waals surface area contributed by atoms with Crippen LogP contribution in [-0.2, 0) is 16.0 Å². The summed E-state index contributed by atoms with van der Waals surface area (Å²) < 4.78 is 0. The lowest BCUT2D eigenvalue weighted by atomic mass is 9.57. The number of carbonyl (C=O) groups excluding carboxylic acids is 3. The van der Waals surface area contributed by atoms with Gasteiger partial charge in [0, 0.05) is 36.8 Å². The number of amides is 1. The number of aromatic carboxylic acids is 1. The summed E-state index contributed by atoms with van der Waals surface area (Å²) in [6.07, 6.45) is 0.0692. The zero-order chi connectivity index (χ0) is 31.7. The quantitative estimate of drug-likeness (QED) is 0.243. The summed E-state index contributed by atoms with van der Waals surface area (Å²) in [5, 5.41) is 46.4. The number of nitrogens with zero attached hydrogens (tertiary/aromatic N) is 3. The van der Waals surface area contributed by atoms with Gasteiger partial charge in [-0.2, -0.15) is 0 Å². The van der Waals surface area contributed by atoms with Crippen molar-refractivity contribution in [3.63, 3.8) is 0 Å². The molecule has 13 heteroatoms. The first-order valence-electron chi connectivity index (χ1n) is 13.4. The van der Waals surface area contributed by atoms with Gasteiger partial charge in [-0.15, -0.1) is 4.91 Å². The molecule has 0 spiro atoms. The van der Waals surface area contributed by atoms with Crippen LogP contribution in [-0.4, -0.2) is 88.5 Å². The number of phenolic OH excluding ortho intramolecular Hbond substituents is 1. The summed E-state index contributed by atoms with van der Waals surface area (Å²) >= 11 is 0. The molecule has 0 aromatic heterocycles. The van der Waals surface area contributed by atoms with E-state index in [1.807, 2.05) is 0 Å². The van der Waals surface area contributed by atoms with Crippen molar-refractivity contribution >= 4 is 29.1 Å². The Morgan fingerprint density at radius 3 is 2.19 bits per heavy atom. The first kappa shape index (κ1) is 29.5. The van der Waals surface area contributed by atoms with Crippen molar-refractivity contribution in [2.75, 3.05) is 33.1 Å². The predicted molar refractivity (Wildman–Crippen MR) is 154 cm³/mol. The van der Waals surface area contributed by atoms with Crippen molar-refractivity contribution in [2.45, 2.75) is 24.4 Å². The highest BCUT2D eigenvalue weighted by molar-refractivity contribution is 6.25. The van der Waals surface area contributed by atoms with Gasteiger partial charge in [-0.05, 0) is 67.4 Å². The van der Waals surface area contributed by atoms with Crippen LogP contribution >= 0.6 is 0 Å². The van der Waals surface area contributed by atoms with Crippen molar-refractivity contribution in [3.05, 3.63) is 74.6 Å². The van der Waals surface area contributed by atoms with E-state index >= 15 is 0 Å². The van der Waals surface area contributed by atoms with Gasteiger partial charge in [-0.3, -0.25) is 19.3 Å². The minimum absolute atomic E-state index is 0.0232. The molecule has 0 fully saturated rings. The lowest BCUT2D eigenvalue weighted by molar-refractivity contribution is -0.129. The minimum Gasteiger partial charge on any atom is -0.510 e. The van der Waals surface area contributed by atoms with Gasteiger partial charge >= 0.3 is 5.97 Å². The fraction of sp³-hybridized carbons (Fsp3) is 0.333. The van der Waals surface area contributed by atoms with E-state index in [9.17, 15) is 44.5 Å². The molecule has 2 aromatic rings. The molecule has 0 unspecified atom stereocenters. The second kappa shape index (κ2) is 10.1. The Morgan fingerprint density at radius 1 is 1.05 bits per heavy atom. The molecule has 6 N–H and O–H groups in total. The number of phenols is 1. The molecule has 4 atom stereocenters. The summed E-state index contributed by atoms with van der Waals surface area (Å²) in [5.41, 5.74) is 3.15. The molecular weight excluding hydrogens is 560 g/mol. The molecule has 0 heterocycles. The van der Waals surface area contributed by atoms with Crippen LogP contribution in [0.4, 0.5) is 5.69 Å². The number of rotatable bonds is 6. The van der Waals surface area contributed by atoms with Gasteiger partial charge in [-0.25, -0.2) is 4.79 Å². The lowest BCUT2D eigenvalue weighted by Gasteiger charge is -2.49. The van der Waals surface area contributed by atoms with E-state index in [1.165, 1.54) is 29.2 Å². The predicted octanol–water partition coefficient (Wildman–Crippen LogP) is 2.33. The van der Waals surface area contributed by atoms with Crippen LogP contribution < -0.4 is 10.6 Å². The third-order valence-corrected chi connectivity index (χ3v) is 8.77. The number of nitroso groups, excluding NO2 is 1. The number of carboxylic acid groups (broad SMARTS) is 1. The molecule has 2 aromatic carbocycles. The van der Waals surface area contributed by atoms with E-state index in [1.54, 1.807) is 39.2 Å². The second-order valence-electron chi connectivity index (χ2n) is 11.5. The van der Waals surface area contributed by atoms with Crippen LogP contribution in [0.5, 0.6) is 5.75 Å². The fourth-order valence-electron chi connectivity index (χ4n) is 6.86. The molecule has 0 saturated carbocycles. The van der Waals surface area contributed by atoms with Crippen LogP contribution in [0.3, 0.4) is 0 Å².